The summed E-state index contributed by atoms with van der Waals surface area (Å²) < 4.78 is 5.39. The molecule has 0 radical (unpaired) electrons. The van der Waals surface area contributed by atoms with Gasteiger partial charge < -0.3 is 9.84 Å². The average Bonchev–Trinajstić information content (AvgIpc) is 2.17. The van der Waals surface area contributed by atoms with Gasteiger partial charge in [0.15, 0.2) is 0 Å². The van der Waals surface area contributed by atoms with Gasteiger partial charge in [-0.2, -0.15) is 0 Å². The van der Waals surface area contributed by atoms with Crippen molar-refractivity contribution >= 4 is 33.7 Å². The maximum Gasteiger partial charge on any atom is 0.412 e. The molecule has 1 amide bonds. The summed E-state index contributed by atoms with van der Waals surface area (Å²) in [5.41, 5.74) is 0.887. The Morgan fingerprint density at radius 3 is 2.93 bits per heavy atom. The van der Waals surface area contributed by atoms with Gasteiger partial charge in [-0.05, 0) is 18.2 Å². The number of rotatable bonds is 1. The van der Waals surface area contributed by atoms with Crippen LogP contribution >= 0.6 is 15.9 Å². The minimum atomic E-state index is -1.24. The molecule has 0 spiro atoms. The predicted octanol–water partition coefficient (Wildman–Crippen LogP) is 2.14. The van der Waals surface area contributed by atoms with Crippen molar-refractivity contribution in [2.45, 2.75) is 6.10 Å². The maximum atomic E-state index is 11.0. The molecule has 1 aliphatic rings. The van der Waals surface area contributed by atoms with Crippen molar-refractivity contribution in [1.29, 1.82) is 0 Å². The first kappa shape index (κ1) is 9.97. The van der Waals surface area contributed by atoms with Crippen LogP contribution in [-0.2, 0) is 9.53 Å². The fourth-order valence-electron chi connectivity index (χ4n) is 1.36. The molecule has 0 saturated heterocycles. The van der Waals surface area contributed by atoms with Crippen molar-refractivity contribution in [1.82, 2.24) is 0 Å². The lowest BCUT2D eigenvalue weighted by Crippen LogP contribution is -2.28. The summed E-state index contributed by atoms with van der Waals surface area (Å²) in [7, 11) is 0. The van der Waals surface area contributed by atoms with E-state index in [1.165, 1.54) is 0 Å². The number of cyclic esters (lactones) is 1. The summed E-state index contributed by atoms with van der Waals surface area (Å²) in [6.45, 7) is 0. The lowest BCUT2D eigenvalue weighted by atomic mass is 10.1. The van der Waals surface area contributed by atoms with E-state index in [0.29, 0.717) is 11.3 Å². The van der Waals surface area contributed by atoms with Gasteiger partial charge in [0, 0.05) is 10.0 Å². The molecule has 5 nitrogen and oxygen atoms in total. The number of nitrogens with one attached hydrogen (secondary N) is 1. The molecule has 1 aromatic rings. The number of fused-ring (bicyclic) bond motifs is 1. The standard InChI is InChI=1S/C9H6BrNO4/c10-4-1-2-6-5(3-4)7(8(12)13)15-9(14)11-6/h1-3,7H,(H,11,14)(H,12,13). The van der Waals surface area contributed by atoms with E-state index in [4.69, 9.17) is 5.11 Å². The first-order valence-electron chi connectivity index (χ1n) is 4.08. The fraction of sp³-hybridized carbons (Fsp3) is 0.111. The molecule has 15 heavy (non-hydrogen) atoms. The van der Waals surface area contributed by atoms with Crippen LogP contribution in [0.25, 0.3) is 0 Å². The number of amides is 1. The van der Waals surface area contributed by atoms with Crippen molar-refractivity contribution in [3.63, 3.8) is 0 Å². The van der Waals surface area contributed by atoms with Crippen LogP contribution in [0, 0.1) is 0 Å². The smallest absolute Gasteiger partial charge is 0.412 e. The SMILES string of the molecule is O=C1Nc2ccc(Br)cc2C(C(=O)O)O1. The van der Waals surface area contributed by atoms with E-state index in [1.807, 2.05) is 0 Å². The summed E-state index contributed by atoms with van der Waals surface area (Å²) in [6, 6.07) is 4.94. The van der Waals surface area contributed by atoms with E-state index in [9.17, 15) is 9.59 Å². The highest BCUT2D eigenvalue weighted by atomic mass is 79.9. The van der Waals surface area contributed by atoms with Crippen molar-refractivity contribution in [2.24, 2.45) is 0 Å². The van der Waals surface area contributed by atoms with Crippen LogP contribution in [0.1, 0.15) is 11.7 Å². The van der Waals surface area contributed by atoms with E-state index in [-0.39, 0.29) is 0 Å². The van der Waals surface area contributed by atoms with Gasteiger partial charge in [0.05, 0.1) is 5.69 Å². The van der Waals surface area contributed by atoms with Crippen LogP contribution in [0.4, 0.5) is 10.5 Å². The van der Waals surface area contributed by atoms with Crippen LogP contribution < -0.4 is 5.32 Å². The first-order chi connectivity index (χ1) is 7.08. The zero-order chi connectivity index (χ0) is 11.0. The topological polar surface area (TPSA) is 75.6 Å². The van der Waals surface area contributed by atoms with Gasteiger partial charge in [-0.1, -0.05) is 15.9 Å². The Balaban J connectivity index is 2.52. The van der Waals surface area contributed by atoms with Gasteiger partial charge in [-0.15, -0.1) is 0 Å². The molecule has 0 saturated carbocycles. The minimum Gasteiger partial charge on any atom is -0.478 e. The van der Waals surface area contributed by atoms with Crippen LogP contribution in [-0.4, -0.2) is 17.2 Å². The minimum absolute atomic E-state index is 0.427. The maximum absolute atomic E-state index is 11.0. The van der Waals surface area contributed by atoms with Gasteiger partial charge in [0.1, 0.15) is 0 Å². The molecule has 1 aliphatic heterocycles. The van der Waals surface area contributed by atoms with E-state index in [0.717, 1.165) is 4.47 Å². The highest BCUT2D eigenvalue weighted by molar-refractivity contribution is 9.10. The second-order valence-corrected chi connectivity index (χ2v) is 3.90. The van der Waals surface area contributed by atoms with Crippen LogP contribution in [0.3, 0.4) is 0 Å². The zero-order valence-corrected chi connectivity index (χ0v) is 8.95. The Hall–Kier alpha value is -1.56. The summed E-state index contributed by atoms with van der Waals surface area (Å²) >= 11 is 3.22. The van der Waals surface area contributed by atoms with E-state index < -0.39 is 18.2 Å². The Morgan fingerprint density at radius 2 is 2.27 bits per heavy atom. The summed E-state index contributed by atoms with van der Waals surface area (Å²) in [5.74, 6) is -1.19. The molecule has 2 rings (SSSR count). The average molecular weight is 272 g/mol. The Bertz CT molecular complexity index is 446. The monoisotopic (exact) mass is 271 g/mol. The molecule has 1 heterocycles. The number of halogens is 1. The molecule has 1 unspecified atom stereocenters. The molecule has 78 valence electrons. The quantitative estimate of drug-likeness (QED) is 0.821. The Kier molecular flexibility index (Phi) is 2.36. The molecule has 0 bridgehead atoms. The van der Waals surface area contributed by atoms with Gasteiger partial charge in [-0.25, -0.2) is 9.59 Å². The highest BCUT2D eigenvalue weighted by Crippen LogP contribution is 2.32. The van der Waals surface area contributed by atoms with Crippen molar-refractivity contribution < 1.29 is 19.4 Å². The molecular weight excluding hydrogens is 266 g/mol. The van der Waals surface area contributed by atoms with Crippen LogP contribution in [0.2, 0.25) is 0 Å². The molecule has 1 aromatic carbocycles. The summed E-state index contributed by atoms with van der Waals surface area (Å²) in [4.78, 5) is 21.9. The van der Waals surface area contributed by atoms with E-state index >= 15 is 0 Å². The predicted molar refractivity (Wildman–Crippen MR) is 54.6 cm³/mol. The number of carboxylic acids is 1. The first-order valence-corrected chi connectivity index (χ1v) is 4.87. The molecule has 0 aromatic heterocycles. The Labute approximate surface area is 93.2 Å². The number of aliphatic carboxylic acids is 1. The lowest BCUT2D eigenvalue weighted by Gasteiger charge is -2.23. The Morgan fingerprint density at radius 1 is 1.53 bits per heavy atom. The highest BCUT2D eigenvalue weighted by Gasteiger charge is 2.31. The van der Waals surface area contributed by atoms with E-state index in [2.05, 4.69) is 26.0 Å². The third kappa shape index (κ3) is 1.80. The van der Waals surface area contributed by atoms with Gasteiger partial charge in [0.2, 0.25) is 6.10 Å². The number of ether oxygens (including phenoxy) is 1. The molecule has 6 heteroatoms. The van der Waals surface area contributed by atoms with Crippen molar-refractivity contribution in [3.8, 4) is 0 Å². The zero-order valence-electron chi connectivity index (χ0n) is 7.36. The molecule has 0 aliphatic carbocycles. The second-order valence-electron chi connectivity index (χ2n) is 2.98. The number of hydrogen-bond donors (Lipinski definition) is 2. The third-order valence-corrected chi connectivity index (χ3v) is 2.48. The molecule has 2 N–H and O–H groups in total. The molecular formula is C9H6BrNO4. The van der Waals surface area contributed by atoms with Crippen molar-refractivity contribution in [3.05, 3.63) is 28.2 Å². The number of carbonyl (C=O) groups excluding carboxylic acids is 1. The van der Waals surface area contributed by atoms with Gasteiger partial charge >= 0.3 is 12.1 Å². The largest absolute Gasteiger partial charge is 0.478 e. The van der Waals surface area contributed by atoms with E-state index in [1.54, 1.807) is 18.2 Å². The molecule has 0 fully saturated rings. The van der Waals surface area contributed by atoms with Crippen LogP contribution in [0.15, 0.2) is 22.7 Å². The third-order valence-electron chi connectivity index (χ3n) is 1.98. The lowest BCUT2D eigenvalue weighted by molar-refractivity contribution is -0.147. The van der Waals surface area contributed by atoms with Crippen LogP contribution in [0.5, 0.6) is 0 Å². The number of carbonyl (C=O) groups is 2. The second kappa shape index (κ2) is 3.54. The van der Waals surface area contributed by atoms with Gasteiger partial charge in [-0.3, -0.25) is 5.32 Å². The van der Waals surface area contributed by atoms with Gasteiger partial charge in [0.25, 0.3) is 0 Å². The molecule has 1 atom stereocenters. The fourth-order valence-corrected chi connectivity index (χ4v) is 1.74. The summed E-state index contributed by atoms with van der Waals surface area (Å²) in [6.07, 6.45) is -2.00. The number of anilines is 1. The number of hydrogen-bond acceptors (Lipinski definition) is 3. The summed E-state index contributed by atoms with van der Waals surface area (Å²) in [5, 5.41) is 11.3. The normalized spacial score (nSPS) is 18.7. The number of carboxylic acid groups (broad SMARTS) is 1. The van der Waals surface area contributed by atoms with Crippen molar-refractivity contribution in [2.75, 3.05) is 5.32 Å². The number of benzene rings is 1.